The molecule has 0 radical (unpaired) electrons. The van der Waals surface area contributed by atoms with Gasteiger partial charge in [0, 0.05) is 24.5 Å². The summed E-state index contributed by atoms with van der Waals surface area (Å²) in [6.07, 6.45) is 3.70. The molecule has 1 aliphatic rings. The zero-order chi connectivity index (χ0) is 18.6. The zero-order valence-electron chi connectivity index (χ0n) is 14.7. The van der Waals surface area contributed by atoms with Gasteiger partial charge in [0.05, 0.1) is 5.56 Å². The zero-order valence-corrected chi connectivity index (χ0v) is 14.7. The fourth-order valence-electron chi connectivity index (χ4n) is 3.15. The Morgan fingerprint density at radius 1 is 1.00 bits per heavy atom. The molecule has 6 nitrogen and oxygen atoms in total. The van der Waals surface area contributed by atoms with Crippen LogP contribution in [0.25, 0.3) is 11.5 Å². The number of carbonyl (C=O) groups is 1. The summed E-state index contributed by atoms with van der Waals surface area (Å²) in [5, 5.41) is 10.2. The van der Waals surface area contributed by atoms with Crippen LogP contribution in [-0.4, -0.2) is 29.2 Å². The molecule has 1 amide bonds. The Morgan fingerprint density at radius 3 is 2.48 bits per heavy atom. The summed E-state index contributed by atoms with van der Waals surface area (Å²) < 4.78 is 19.1. The number of anilines is 2. The van der Waals surface area contributed by atoms with Crippen molar-refractivity contribution in [3.05, 3.63) is 60.2 Å². The van der Waals surface area contributed by atoms with Crippen molar-refractivity contribution in [3.63, 3.8) is 0 Å². The molecule has 2 heterocycles. The fraction of sp³-hybridized carbons (Fsp3) is 0.250. The molecule has 3 aromatic rings. The third kappa shape index (κ3) is 3.81. The number of aromatic nitrogens is 2. The minimum absolute atomic E-state index is 0.0290. The molecule has 2 aromatic carbocycles. The average molecular weight is 366 g/mol. The van der Waals surface area contributed by atoms with E-state index >= 15 is 0 Å². The summed E-state index contributed by atoms with van der Waals surface area (Å²) in [5.41, 5.74) is 1.94. The molecule has 138 valence electrons. The Labute approximate surface area is 156 Å². The van der Waals surface area contributed by atoms with Crippen LogP contribution in [0.15, 0.2) is 52.9 Å². The van der Waals surface area contributed by atoms with Crippen LogP contribution in [-0.2, 0) is 0 Å². The Hall–Kier alpha value is -3.22. The summed E-state index contributed by atoms with van der Waals surface area (Å²) in [5.74, 6) is -1.26. The second-order valence-electron chi connectivity index (χ2n) is 6.44. The van der Waals surface area contributed by atoms with E-state index in [1.165, 1.54) is 31.4 Å². The number of benzene rings is 2. The van der Waals surface area contributed by atoms with Gasteiger partial charge in [-0.1, -0.05) is 12.1 Å². The van der Waals surface area contributed by atoms with E-state index in [0.29, 0.717) is 5.69 Å². The minimum Gasteiger partial charge on any atom is -0.412 e. The van der Waals surface area contributed by atoms with Crippen molar-refractivity contribution in [2.45, 2.75) is 19.3 Å². The second-order valence-corrected chi connectivity index (χ2v) is 6.44. The van der Waals surface area contributed by atoms with Crippen molar-refractivity contribution in [1.82, 2.24) is 10.2 Å². The number of hydrogen-bond acceptors (Lipinski definition) is 5. The lowest BCUT2D eigenvalue weighted by Gasteiger charge is -2.28. The third-order valence-electron chi connectivity index (χ3n) is 4.57. The number of carbonyl (C=O) groups excluding carboxylic acids is 1. The van der Waals surface area contributed by atoms with E-state index in [0.717, 1.165) is 18.8 Å². The monoisotopic (exact) mass is 366 g/mol. The number of nitrogens with one attached hydrogen (secondary N) is 1. The van der Waals surface area contributed by atoms with Crippen LogP contribution in [0.1, 0.15) is 29.9 Å². The topological polar surface area (TPSA) is 71.3 Å². The Kier molecular flexibility index (Phi) is 4.82. The normalized spacial score (nSPS) is 14.2. The predicted octanol–water partition coefficient (Wildman–Crippen LogP) is 4.12. The van der Waals surface area contributed by atoms with Gasteiger partial charge in [-0.15, -0.1) is 10.2 Å². The van der Waals surface area contributed by atoms with Gasteiger partial charge in [-0.05, 0) is 55.7 Å². The van der Waals surface area contributed by atoms with Crippen LogP contribution in [0.5, 0.6) is 0 Å². The van der Waals surface area contributed by atoms with Gasteiger partial charge < -0.3 is 14.6 Å². The first-order chi connectivity index (χ1) is 13.2. The standard InChI is InChI=1S/C20H19FN4O2/c21-17-7-3-2-6-16(17)19-23-24-20(27-19)18(26)22-14-8-10-15(11-9-14)25-12-4-1-5-13-25/h2-3,6-11H,1,4-5,12-13H2,(H,22,26). The van der Waals surface area contributed by atoms with Crippen molar-refractivity contribution < 1.29 is 13.6 Å². The second kappa shape index (κ2) is 7.57. The highest BCUT2D eigenvalue weighted by atomic mass is 19.1. The van der Waals surface area contributed by atoms with Gasteiger partial charge in [-0.3, -0.25) is 4.79 Å². The molecule has 1 aliphatic heterocycles. The van der Waals surface area contributed by atoms with Gasteiger partial charge >= 0.3 is 11.8 Å². The molecule has 4 rings (SSSR count). The number of amides is 1. The SMILES string of the molecule is O=C(Nc1ccc(N2CCCCC2)cc1)c1nnc(-c2ccccc2F)o1. The van der Waals surface area contributed by atoms with Crippen LogP contribution in [0.3, 0.4) is 0 Å². The van der Waals surface area contributed by atoms with Gasteiger partial charge in [0.15, 0.2) is 0 Å². The quantitative estimate of drug-likeness (QED) is 0.752. The number of nitrogens with zero attached hydrogens (tertiary/aromatic N) is 3. The van der Waals surface area contributed by atoms with Crippen molar-refractivity contribution in [2.75, 3.05) is 23.3 Å². The highest BCUT2D eigenvalue weighted by molar-refractivity contribution is 6.01. The molecule has 0 saturated carbocycles. The fourth-order valence-corrected chi connectivity index (χ4v) is 3.15. The smallest absolute Gasteiger partial charge is 0.313 e. The van der Waals surface area contributed by atoms with Gasteiger partial charge in [-0.25, -0.2) is 4.39 Å². The summed E-state index contributed by atoms with van der Waals surface area (Å²) in [4.78, 5) is 14.7. The van der Waals surface area contributed by atoms with Gasteiger partial charge in [0.2, 0.25) is 0 Å². The minimum atomic E-state index is -0.532. The Balaban J connectivity index is 1.44. The molecule has 0 atom stereocenters. The average Bonchev–Trinajstić information content (AvgIpc) is 3.20. The van der Waals surface area contributed by atoms with Crippen molar-refractivity contribution in [3.8, 4) is 11.5 Å². The number of piperidine rings is 1. The van der Waals surface area contributed by atoms with E-state index < -0.39 is 11.7 Å². The van der Waals surface area contributed by atoms with E-state index in [1.54, 1.807) is 12.1 Å². The molecule has 1 fully saturated rings. The van der Waals surface area contributed by atoms with Gasteiger partial charge in [0.25, 0.3) is 5.89 Å². The number of hydrogen-bond donors (Lipinski definition) is 1. The predicted molar refractivity (Wildman–Crippen MR) is 100 cm³/mol. The molecule has 1 N–H and O–H groups in total. The highest BCUT2D eigenvalue weighted by Crippen LogP contribution is 2.23. The largest absolute Gasteiger partial charge is 0.412 e. The molecule has 0 bridgehead atoms. The van der Waals surface area contributed by atoms with Crippen molar-refractivity contribution >= 4 is 17.3 Å². The molecule has 0 unspecified atom stereocenters. The summed E-state index contributed by atoms with van der Waals surface area (Å²) in [6, 6.07) is 13.7. The van der Waals surface area contributed by atoms with Crippen LogP contribution >= 0.6 is 0 Å². The third-order valence-corrected chi connectivity index (χ3v) is 4.57. The van der Waals surface area contributed by atoms with E-state index in [-0.39, 0.29) is 17.3 Å². The molecule has 27 heavy (non-hydrogen) atoms. The van der Waals surface area contributed by atoms with Gasteiger partial charge in [-0.2, -0.15) is 0 Å². The Morgan fingerprint density at radius 2 is 1.74 bits per heavy atom. The van der Waals surface area contributed by atoms with Crippen LogP contribution in [0.4, 0.5) is 15.8 Å². The lowest BCUT2D eigenvalue weighted by atomic mass is 10.1. The maximum atomic E-state index is 13.8. The van der Waals surface area contributed by atoms with E-state index in [4.69, 9.17) is 4.42 Å². The van der Waals surface area contributed by atoms with Crippen LogP contribution in [0.2, 0.25) is 0 Å². The molecule has 1 saturated heterocycles. The number of halogens is 1. The lowest BCUT2D eigenvalue weighted by molar-refractivity contribution is 0.0991. The molecule has 0 aliphatic carbocycles. The van der Waals surface area contributed by atoms with E-state index in [2.05, 4.69) is 20.4 Å². The molecular weight excluding hydrogens is 347 g/mol. The first-order valence-electron chi connectivity index (χ1n) is 8.95. The number of rotatable bonds is 4. The van der Waals surface area contributed by atoms with Gasteiger partial charge in [0.1, 0.15) is 5.82 Å². The van der Waals surface area contributed by atoms with Crippen LogP contribution < -0.4 is 10.2 Å². The van der Waals surface area contributed by atoms with Crippen molar-refractivity contribution in [1.29, 1.82) is 0 Å². The Bertz CT molecular complexity index is 933. The van der Waals surface area contributed by atoms with E-state index in [1.807, 2.05) is 24.3 Å². The first-order valence-corrected chi connectivity index (χ1v) is 8.95. The van der Waals surface area contributed by atoms with E-state index in [9.17, 15) is 9.18 Å². The molecular formula is C20H19FN4O2. The first kappa shape index (κ1) is 17.2. The molecule has 1 aromatic heterocycles. The summed E-state index contributed by atoms with van der Waals surface area (Å²) in [7, 11) is 0. The maximum absolute atomic E-state index is 13.8. The molecule has 0 spiro atoms. The summed E-state index contributed by atoms with van der Waals surface area (Å²) in [6.45, 7) is 2.12. The van der Waals surface area contributed by atoms with Crippen molar-refractivity contribution in [2.24, 2.45) is 0 Å². The molecule has 7 heteroatoms. The van der Waals surface area contributed by atoms with Crippen LogP contribution in [0, 0.1) is 5.82 Å². The summed E-state index contributed by atoms with van der Waals surface area (Å²) >= 11 is 0. The maximum Gasteiger partial charge on any atom is 0.313 e. The lowest BCUT2D eigenvalue weighted by Crippen LogP contribution is -2.29. The highest BCUT2D eigenvalue weighted by Gasteiger charge is 2.18.